The molecule has 0 amide bonds. The number of thioether (sulfide) groups is 1. The fourth-order valence-electron chi connectivity index (χ4n) is 3.11. The molecule has 0 fully saturated rings. The Morgan fingerprint density at radius 2 is 1.89 bits per heavy atom. The molecule has 1 aliphatic heterocycles. The van der Waals surface area contributed by atoms with Gasteiger partial charge in [-0.05, 0) is 36.6 Å². The Labute approximate surface area is 163 Å². The third-order valence-electron chi connectivity index (χ3n) is 4.74. The van der Waals surface area contributed by atoms with Crippen LogP contribution < -0.4 is 5.73 Å². The smallest absolute Gasteiger partial charge is 0.337 e. The van der Waals surface area contributed by atoms with Gasteiger partial charge in [0.1, 0.15) is 0 Å². The minimum atomic E-state index is -0.416. The van der Waals surface area contributed by atoms with Crippen molar-refractivity contribution in [1.29, 1.82) is 0 Å². The van der Waals surface area contributed by atoms with Gasteiger partial charge in [0.05, 0.1) is 18.2 Å². The van der Waals surface area contributed by atoms with Crippen molar-refractivity contribution >= 4 is 28.7 Å². The van der Waals surface area contributed by atoms with Gasteiger partial charge >= 0.3 is 5.97 Å². The number of carbonyl (C=O) groups excluding carboxylic acids is 2. The van der Waals surface area contributed by atoms with Crippen LogP contribution in [0.4, 0.5) is 0 Å². The highest BCUT2D eigenvalue weighted by Crippen LogP contribution is 2.35. The van der Waals surface area contributed by atoms with Crippen molar-refractivity contribution in [3.05, 3.63) is 70.8 Å². The molecule has 6 heteroatoms. The van der Waals surface area contributed by atoms with Crippen LogP contribution in [0.3, 0.4) is 0 Å². The van der Waals surface area contributed by atoms with E-state index < -0.39 is 5.97 Å². The molecule has 0 radical (unpaired) electrons. The minimum Gasteiger partial charge on any atom is -0.465 e. The van der Waals surface area contributed by atoms with E-state index in [0.29, 0.717) is 16.3 Å². The van der Waals surface area contributed by atoms with Gasteiger partial charge in [-0.25, -0.2) is 4.79 Å². The summed E-state index contributed by atoms with van der Waals surface area (Å²) in [6.07, 6.45) is 1.19. The van der Waals surface area contributed by atoms with E-state index in [0.717, 1.165) is 23.3 Å². The number of nitrogens with two attached hydrogens (primary N) is 1. The molecule has 0 aromatic heterocycles. The number of ether oxygens (including phenoxy) is 1. The van der Waals surface area contributed by atoms with Crippen LogP contribution in [0.1, 0.15) is 45.2 Å². The summed E-state index contributed by atoms with van der Waals surface area (Å²) in [6.45, 7) is 2.08. The lowest BCUT2D eigenvalue weighted by molar-refractivity contribution is 0.0600. The topological polar surface area (TPSA) is 81.8 Å². The zero-order valence-corrected chi connectivity index (χ0v) is 16.2. The second-order valence-electron chi connectivity index (χ2n) is 6.69. The van der Waals surface area contributed by atoms with Crippen molar-refractivity contribution in [3.63, 3.8) is 0 Å². The van der Waals surface area contributed by atoms with E-state index in [1.54, 1.807) is 36.0 Å². The van der Waals surface area contributed by atoms with E-state index in [1.807, 2.05) is 24.3 Å². The monoisotopic (exact) mass is 382 g/mol. The zero-order valence-electron chi connectivity index (χ0n) is 15.4. The number of amidine groups is 1. The minimum absolute atomic E-state index is 0.00377. The van der Waals surface area contributed by atoms with E-state index in [4.69, 9.17) is 5.73 Å². The Kier molecular flexibility index (Phi) is 5.65. The number of esters is 1. The number of hydrogen-bond acceptors (Lipinski definition) is 6. The summed E-state index contributed by atoms with van der Waals surface area (Å²) >= 11 is 1.57. The van der Waals surface area contributed by atoms with Crippen molar-refractivity contribution < 1.29 is 14.3 Å². The molecule has 0 spiro atoms. The van der Waals surface area contributed by atoms with Crippen LogP contribution in [0.25, 0.3) is 0 Å². The maximum absolute atomic E-state index is 12.6. The van der Waals surface area contributed by atoms with Crippen LogP contribution in [-0.4, -0.2) is 29.8 Å². The molecular weight excluding hydrogens is 360 g/mol. The van der Waals surface area contributed by atoms with Crippen LogP contribution in [0.5, 0.6) is 0 Å². The second-order valence-corrected chi connectivity index (χ2v) is 7.81. The number of benzene rings is 2. The molecule has 27 heavy (non-hydrogen) atoms. The van der Waals surface area contributed by atoms with Gasteiger partial charge in [-0.3, -0.25) is 9.79 Å². The highest BCUT2D eigenvalue weighted by atomic mass is 32.2. The normalized spacial score (nSPS) is 19.3. The van der Waals surface area contributed by atoms with Crippen LogP contribution in [0.2, 0.25) is 0 Å². The SMILES string of the molecule is COC(=O)c1ccc(C(=O)Cc2cccc(C3(C)CCSC(N)=N3)c2)cc1. The Hall–Kier alpha value is -2.60. The highest BCUT2D eigenvalue weighted by Gasteiger charge is 2.29. The van der Waals surface area contributed by atoms with Gasteiger partial charge < -0.3 is 10.5 Å². The molecule has 1 unspecified atom stereocenters. The first-order valence-electron chi connectivity index (χ1n) is 8.70. The number of Topliss-reactive ketones (excluding diaryl/α,β-unsaturated/α-hetero) is 1. The van der Waals surface area contributed by atoms with Crippen molar-refractivity contribution in [2.75, 3.05) is 12.9 Å². The van der Waals surface area contributed by atoms with Crippen LogP contribution >= 0.6 is 11.8 Å². The lowest BCUT2D eigenvalue weighted by Crippen LogP contribution is -2.28. The van der Waals surface area contributed by atoms with Gasteiger partial charge in [0.15, 0.2) is 11.0 Å². The Morgan fingerprint density at radius 3 is 2.56 bits per heavy atom. The van der Waals surface area contributed by atoms with Crippen molar-refractivity contribution in [2.24, 2.45) is 10.7 Å². The first kappa shape index (κ1) is 19.2. The number of aliphatic imine (C=N–C) groups is 1. The van der Waals surface area contributed by atoms with Gasteiger partial charge in [0.2, 0.25) is 0 Å². The van der Waals surface area contributed by atoms with E-state index in [1.165, 1.54) is 7.11 Å². The fraction of sp³-hybridized carbons (Fsp3) is 0.286. The molecule has 1 heterocycles. The maximum Gasteiger partial charge on any atom is 0.337 e. The predicted octanol–water partition coefficient (Wildman–Crippen LogP) is 3.57. The molecule has 2 N–H and O–H groups in total. The number of carbonyl (C=O) groups is 2. The molecule has 0 aliphatic carbocycles. The largest absolute Gasteiger partial charge is 0.465 e. The molecule has 2 aromatic rings. The zero-order chi connectivity index (χ0) is 19.4. The summed E-state index contributed by atoms with van der Waals surface area (Å²) in [6, 6.07) is 14.5. The number of ketones is 1. The Balaban J connectivity index is 1.77. The molecule has 1 atom stereocenters. The molecule has 0 bridgehead atoms. The van der Waals surface area contributed by atoms with Crippen molar-refractivity contribution in [1.82, 2.24) is 0 Å². The molecule has 3 rings (SSSR count). The molecule has 2 aromatic carbocycles. The summed E-state index contributed by atoms with van der Waals surface area (Å²) < 4.78 is 4.68. The van der Waals surface area contributed by atoms with Crippen LogP contribution in [-0.2, 0) is 16.7 Å². The third-order valence-corrected chi connectivity index (χ3v) is 5.53. The third kappa shape index (κ3) is 4.39. The molecule has 0 saturated carbocycles. The van der Waals surface area contributed by atoms with Crippen LogP contribution in [0, 0.1) is 0 Å². The number of methoxy groups -OCH3 is 1. The molecular formula is C21H22N2O3S. The average molecular weight is 382 g/mol. The fourth-order valence-corrected chi connectivity index (χ4v) is 4.08. The molecule has 140 valence electrons. The van der Waals surface area contributed by atoms with E-state index in [2.05, 4.69) is 16.7 Å². The molecule has 0 saturated heterocycles. The van der Waals surface area contributed by atoms with E-state index in [-0.39, 0.29) is 17.7 Å². The van der Waals surface area contributed by atoms with E-state index >= 15 is 0 Å². The maximum atomic E-state index is 12.6. The van der Waals surface area contributed by atoms with Gasteiger partial charge in [0.25, 0.3) is 0 Å². The number of rotatable bonds is 5. The summed E-state index contributed by atoms with van der Waals surface area (Å²) in [5.41, 5.74) is 8.55. The van der Waals surface area contributed by atoms with Gasteiger partial charge in [-0.2, -0.15) is 0 Å². The number of nitrogens with zero attached hydrogens (tertiary/aromatic N) is 1. The number of hydrogen-bond donors (Lipinski definition) is 1. The predicted molar refractivity (Wildman–Crippen MR) is 108 cm³/mol. The van der Waals surface area contributed by atoms with Gasteiger partial charge in [-0.1, -0.05) is 48.2 Å². The van der Waals surface area contributed by atoms with Crippen molar-refractivity contribution in [2.45, 2.75) is 25.3 Å². The lowest BCUT2D eigenvalue weighted by atomic mass is 9.88. The summed E-state index contributed by atoms with van der Waals surface area (Å²) in [7, 11) is 1.33. The first-order valence-corrected chi connectivity index (χ1v) is 9.69. The molecule has 1 aliphatic rings. The van der Waals surface area contributed by atoms with Crippen LogP contribution in [0.15, 0.2) is 53.5 Å². The summed E-state index contributed by atoms with van der Waals surface area (Å²) in [4.78, 5) is 28.7. The average Bonchev–Trinajstić information content (AvgIpc) is 2.67. The Morgan fingerprint density at radius 1 is 1.19 bits per heavy atom. The second kappa shape index (κ2) is 7.96. The van der Waals surface area contributed by atoms with E-state index in [9.17, 15) is 9.59 Å². The van der Waals surface area contributed by atoms with Gasteiger partial charge in [-0.15, -0.1) is 0 Å². The quantitative estimate of drug-likeness (QED) is 0.631. The van der Waals surface area contributed by atoms with Gasteiger partial charge in [0, 0.05) is 17.7 Å². The standard InChI is InChI=1S/C21H22N2O3S/c1-21(10-11-27-20(22)23-21)17-5-3-4-14(12-17)13-18(24)15-6-8-16(9-7-15)19(25)26-2/h3-9,12H,10-11,13H2,1-2H3,(H2,22,23). The first-order chi connectivity index (χ1) is 12.9. The summed E-state index contributed by atoms with van der Waals surface area (Å²) in [5.74, 6) is 0.512. The molecule has 5 nitrogen and oxygen atoms in total. The highest BCUT2D eigenvalue weighted by molar-refractivity contribution is 8.13. The summed E-state index contributed by atoms with van der Waals surface area (Å²) in [5, 5.41) is 0.607. The Bertz CT molecular complexity index is 893. The lowest BCUT2D eigenvalue weighted by Gasteiger charge is -2.30. The van der Waals surface area contributed by atoms with Crippen molar-refractivity contribution in [3.8, 4) is 0 Å².